The summed E-state index contributed by atoms with van der Waals surface area (Å²) in [5.41, 5.74) is 1.16. The van der Waals surface area contributed by atoms with E-state index in [1.54, 1.807) is 29.8 Å². The summed E-state index contributed by atoms with van der Waals surface area (Å²) in [7, 11) is 1.68. The van der Waals surface area contributed by atoms with Gasteiger partial charge < -0.3 is 0 Å². The molecule has 6 nitrogen and oxygen atoms in total. The van der Waals surface area contributed by atoms with Crippen molar-refractivity contribution in [2.45, 2.75) is 18.8 Å². The molecular formula is C22H22Cl2N4O2. The summed E-state index contributed by atoms with van der Waals surface area (Å²) in [6.45, 7) is 1.81. The van der Waals surface area contributed by atoms with Crippen molar-refractivity contribution in [3.63, 3.8) is 0 Å². The Bertz CT molecular complexity index is 1120. The molecule has 8 heteroatoms. The quantitative estimate of drug-likeness (QED) is 0.559. The van der Waals surface area contributed by atoms with Crippen molar-refractivity contribution in [2.24, 2.45) is 7.05 Å². The van der Waals surface area contributed by atoms with Gasteiger partial charge in [0.25, 0.3) is 0 Å². The summed E-state index contributed by atoms with van der Waals surface area (Å²) in [5.74, 6) is 0.916. The van der Waals surface area contributed by atoms with Crippen LogP contribution in [0.2, 0.25) is 10.0 Å². The van der Waals surface area contributed by atoms with Gasteiger partial charge in [-0.3, -0.25) is 9.69 Å². The van der Waals surface area contributed by atoms with Gasteiger partial charge in [0.1, 0.15) is 5.82 Å². The largest absolute Gasteiger partial charge is 0.350 e. The van der Waals surface area contributed by atoms with E-state index in [1.807, 2.05) is 30.3 Å². The number of carbonyl (C=O) groups excluding carboxylic acids is 1. The first kappa shape index (κ1) is 20.8. The van der Waals surface area contributed by atoms with Gasteiger partial charge in [-0.1, -0.05) is 41.4 Å². The lowest BCUT2D eigenvalue weighted by Gasteiger charge is -2.31. The van der Waals surface area contributed by atoms with Crippen LogP contribution in [0, 0.1) is 0 Å². The third-order valence-electron chi connectivity index (χ3n) is 5.52. The maximum absolute atomic E-state index is 12.7. The summed E-state index contributed by atoms with van der Waals surface area (Å²) in [6.07, 6.45) is 1.65. The van der Waals surface area contributed by atoms with E-state index in [9.17, 15) is 9.59 Å². The van der Waals surface area contributed by atoms with Gasteiger partial charge in [-0.2, -0.15) is 5.10 Å². The number of carbonyl (C=O) groups is 1. The Morgan fingerprint density at radius 3 is 2.47 bits per heavy atom. The predicted molar refractivity (Wildman–Crippen MR) is 118 cm³/mol. The van der Waals surface area contributed by atoms with E-state index in [-0.39, 0.29) is 17.4 Å². The normalized spacial score (nSPS) is 15.4. The number of aromatic nitrogens is 3. The van der Waals surface area contributed by atoms with Crippen LogP contribution in [0.1, 0.15) is 34.9 Å². The molecule has 0 N–H and O–H groups in total. The molecular weight excluding hydrogens is 423 g/mol. The molecule has 0 atom stereocenters. The molecule has 1 saturated heterocycles. The van der Waals surface area contributed by atoms with Crippen LogP contribution >= 0.6 is 23.2 Å². The number of ketones is 1. The molecule has 4 rings (SSSR count). The molecule has 1 aliphatic heterocycles. The molecule has 3 aromatic rings. The molecule has 30 heavy (non-hydrogen) atoms. The number of para-hydroxylation sites is 1. The second-order valence-electron chi connectivity index (χ2n) is 7.53. The second-order valence-corrected chi connectivity index (χ2v) is 8.38. The molecule has 0 unspecified atom stereocenters. The SMILES string of the molecule is Cn1nc(C2CCN(CC(=O)c3ccc(Cl)cc3Cl)CC2)n(-c2ccccc2)c1=O. The topological polar surface area (TPSA) is 60.1 Å². The Morgan fingerprint density at radius 2 is 1.80 bits per heavy atom. The van der Waals surface area contributed by atoms with Crippen molar-refractivity contribution in [3.05, 3.63) is 80.4 Å². The lowest BCUT2D eigenvalue weighted by molar-refractivity contribution is 0.0908. The minimum Gasteiger partial charge on any atom is -0.296 e. The van der Waals surface area contributed by atoms with Crippen LogP contribution in [-0.4, -0.2) is 44.7 Å². The highest BCUT2D eigenvalue weighted by Crippen LogP contribution is 2.28. The maximum atomic E-state index is 12.7. The van der Waals surface area contributed by atoms with Gasteiger partial charge in [0.15, 0.2) is 5.78 Å². The zero-order valence-electron chi connectivity index (χ0n) is 16.6. The number of halogens is 2. The van der Waals surface area contributed by atoms with Crippen LogP contribution < -0.4 is 5.69 Å². The average molecular weight is 445 g/mol. The first-order chi connectivity index (χ1) is 14.4. The number of Topliss-reactive ketones (excluding diaryl/α,β-unsaturated/α-hetero) is 1. The Labute approximate surface area is 184 Å². The van der Waals surface area contributed by atoms with Gasteiger partial charge >= 0.3 is 5.69 Å². The summed E-state index contributed by atoms with van der Waals surface area (Å²) in [5, 5.41) is 5.40. The number of nitrogens with zero attached hydrogens (tertiary/aromatic N) is 4. The summed E-state index contributed by atoms with van der Waals surface area (Å²) >= 11 is 12.1. The number of hydrogen-bond acceptors (Lipinski definition) is 4. The average Bonchev–Trinajstić information content (AvgIpc) is 3.03. The molecule has 156 valence electrons. The van der Waals surface area contributed by atoms with Crippen LogP contribution in [0.4, 0.5) is 0 Å². The molecule has 1 fully saturated rings. The van der Waals surface area contributed by atoms with Crippen LogP contribution in [0.25, 0.3) is 5.69 Å². The first-order valence-corrected chi connectivity index (χ1v) is 10.6. The molecule has 0 spiro atoms. The van der Waals surface area contributed by atoms with E-state index >= 15 is 0 Å². The standard InChI is InChI=1S/C22H22Cl2N4O2/c1-26-22(30)28(17-5-3-2-4-6-17)21(25-26)15-9-11-27(12-10-15)14-20(29)18-8-7-16(23)13-19(18)24/h2-8,13,15H,9-12,14H2,1H3. The zero-order chi connectivity index (χ0) is 21.3. The Morgan fingerprint density at radius 1 is 1.10 bits per heavy atom. The first-order valence-electron chi connectivity index (χ1n) is 9.86. The number of likely N-dealkylation sites (tertiary alicyclic amines) is 1. The monoisotopic (exact) mass is 444 g/mol. The fourth-order valence-electron chi connectivity index (χ4n) is 3.92. The van der Waals surface area contributed by atoms with Crippen molar-refractivity contribution in [1.82, 2.24) is 19.2 Å². The van der Waals surface area contributed by atoms with Crippen LogP contribution in [-0.2, 0) is 7.05 Å². The van der Waals surface area contributed by atoms with E-state index in [0.29, 0.717) is 22.2 Å². The van der Waals surface area contributed by atoms with E-state index < -0.39 is 0 Å². The van der Waals surface area contributed by atoms with Gasteiger partial charge in [0, 0.05) is 23.6 Å². The van der Waals surface area contributed by atoms with E-state index in [0.717, 1.165) is 37.4 Å². The molecule has 0 bridgehead atoms. The third kappa shape index (κ3) is 4.21. The molecule has 1 aromatic heterocycles. The fraction of sp³-hybridized carbons (Fsp3) is 0.318. The summed E-state index contributed by atoms with van der Waals surface area (Å²) < 4.78 is 3.08. The summed E-state index contributed by atoms with van der Waals surface area (Å²) in [6, 6.07) is 14.5. The Balaban J connectivity index is 1.46. The van der Waals surface area contributed by atoms with Crippen molar-refractivity contribution in [3.8, 4) is 5.69 Å². The highest BCUT2D eigenvalue weighted by Gasteiger charge is 2.28. The van der Waals surface area contributed by atoms with Gasteiger partial charge in [-0.25, -0.2) is 14.0 Å². The van der Waals surface area contributed by atoms with Crippen molar-refractivity contribution >= 4 is 29.0 Å². The Kier molecular flexibility index (Phi) is 6.09. The lowest BCUT2D eigenvalue weighted by Crippen LogP contribution is -2.37. The van der Waals surface area contributed by atoms with E-state index in [4.69, 9.17) is 23.2 Å². The molecule has 0 saturated carbocycles. The number of hydrogen-bond donors (Lipinski definition) is 0. The molecule has 2 heterocycles. The van der Waals surface area contributed by atoms with Crippen molar-refractivity contribution in [2.75, 3.05) is 19.6 Å². The molecule has 0 amide bonds. The van der Waals surface area contributed by atoms with E-state index in [2.05, 4.69) is 10.00 Å². The zero-order valence-corrected chi connectivity index (χ0v) is 18.1. The third-order valence-corrected chi connectivity index (χ3v) is 6.06. The van der Waals surface area contributed by atoms with Crippen molar-refractivity contribution in [1.29, 1.82) is 0 Å². The molecule has 0 aliphatic carbocycles. The van der Waals surface area contributed by atoms with Crippen molar-refractivity contribution < 1.29 is 4.79 Å². The van der Waals surface area contributed by atoms with Crippen LogP contribution in [0.3, 0.4) is 0 Å². The number of aryl methyl sites for hydroxylation is 1. The minimum absolute atomic E-state index is 0.0193. The number of benzene rings is 2. The summed E-state index contributed by atoms with van der Waals surface area (Å²) in [4.78, 5) is 27.4. The highest BCUT2D eigenvalue weighted by atomic mass is 35.5. The Hall–Kier alpha value is -2.41. The van der Waals surface area contributed by atoms with Gasteiger partial charge in [0.05, 0.1) is 17.3 Å². The van der Waals surface area contributed by atoms with Gasteiger partial charge in [0.2, 0.25) is 0 Å². The fourth-order valence-corrected chi connectivity index (χ4v) is 4.43. The number of rotatable bonds is 5. The lowest BCUT2D eigenvalue weighted by atomic mass is 9.95. The van der Waals surface area contributed by atoms with Crippen LogP contribution in [0.5, 0.6) is 0 Å². The second kappa shape index (κ2) is 8.76. The molecule has 0 radical (unpaired) electrons. The molecule has 1 aliphatic rings. The predicted octanol–water partition coefficient (Wildman–Crippen LogP) is 3.94. The van der Waals surface area contributed by atoms with E-state index in [1.165, 1.54) is 4.68 Å². The smallest absolute Gasteiger partial charge is 0.296 e. The van der Waals surface area contributed by atoms with Gasteiger partial charge in [-0.15, -0.1) is 0 Å². The maximum Gasteiger partial charge on any atom is 0.350 e. The number of piperidine rings is 1. The van der Waals surface area contributed by atoms with Crippen LogP contribution in [0.15, 0.2) is 53.3 Å². The van der Waals surface area contributed by atoms with Gasteiger partial charge in [-0.05, 0) is 56.3 Å². The minimum atomic E-state index is -0.147. The molecule has 2 aromatic carbocycles. The highest BCUT2D eigenvalue weighted by molar-refractivity contribution is 6.36.